The standard InChI is InChI=1S/C23H30ClN3O3/c1-16-4-2-10-26(15-16)22(29)17-8-12-25(13-9-17)23(30)19-7-6-18(24)14-20(19)27-11-3-5-21(27)28/h6-7,14,16-17H,2-5,8-13,15H2,1H3. The van der Waals surface area contributed by atoms with Gasteiger partial charge in [-0.15, -0.1) is 0 Å². The molecule has 3 aliphatic heterocycles. The van der Waals surface area contributed by atoms with Crippen LogP contribution >= 0.6 is 11.6 Å². The number of amides is 3. The van der Waals surface area contributed by atoms with Crippen LogP contribution in [-0.2, 0) is 9.59 Å². The average molecular weight is 432 g/mol. The van der Waals surface area contributed by atoms with Crippen LogP contribution in [0.1, 0.15) is 55.8 Å². The number of halogens is 1. The number of hydrogen-bond donors (Lipinski definition) is 0. The number of rotatable bonds is 3. The molecule has 0 aliphatic carbocycles. The second kappa shape index (κ2) is 8.96. The molecule has 0 bridgehead atoms. The summed E-state index contributed by atoms with van der Waals surface area (Å²) < 4.78 is 0. The fourth-order valence-corrected chi connectivity index (χ4v) is 5.13. The van der Waals surface area contributed by atoms with Crippen LogP contribution in [0, 0.1) is 11.8 Å². The minimum absolute atomic E-state index is 0.00389. The van der Waals surface area contributed by atoms with E-state index in [-0.39, 0.29) is 23.6 Å². The maximum atomic E-state index is 13.3. The van der Waals surface area contributed by atoms with Crippen molar-refractivity contribution in [2.75, 3.05) is 37.6 Å². The van der Waals surface area contributed by atoms with Crippen LogP contribution in [0.4, 0.5) is 5.69 Å². The van der Waals surface area contributed by atoms with Gasteiger partial charge >= 0.3 is 0 Å². The van der Waals surface area contributed by atoms with Crippen molar-refractivity contribution in [2.24, 2.45) is 11.8 Å². The van der Waals surface area contributed by atoms with Crippen molar-refractivity contribution in [3.05, 3.63) is 28.8 Å². The molecule has 0 aromatic heterocycles. The van der Waals surface area contributed by atoms with Crippen molar-refractivity contribution in [3.63, 3.8) is 0 Å². The Morgan fingerprint density at radius 2 is 1.77 bits per heavy atom. The number of carbonyl (C=O) groups is 3. The Kier molecular flexibility index (Phi) is 6.32. The third kappa shape index (κ3) is 4.34. The zero-order chi connectivity index (χ0) is 21.3. The van der Waals surface area contributed by atoms with Gasteiger partial charge in [-0.05, 0) is 56.2 Å². The lowest BCUT2D eigenvalue weighted by atomic mass is 9.92. The molecule has 3 amide bonds. The Balaban J connectivity index is 1.42. The van der Waals surface area contributed by atoms with Crippen molar-refractivity contribution >= 4 is 35.0 Å². The van der Waals surface area contributed by atoms with Crippen molar-refractivity contribution < 1.29 is 14.4 Å². The summed E-state index contributed by atoms with van der Waals surface area (Å²) >= 11 is 6.17. The van der Waals surface area contributed by atoms with Gasteiger partial charge in [0.2, 0.25) is 11.8 Å². The summed E-state index contributed by atoms with van der Waals surface area (Å²) in [7, 11) is 0. The van der Waals surface area contributed by atoms with E-state index in [4.69, 9.17) is 11.6 Å². The number of likely N-dealkylation sites (tertiary alicyclic amines) is 2. The zero-order valence-corrected chi connectivity index (χ0v) is 18.4. The molecule has 30 heavy (non-hydrogen) atoms. The van der Waals surface area contributed by atoms with Crippen molar-refractivity contribution in [3.8, 4) is 0 Å². The first-order valence-corrected chi connectivity index (χ1v) is 11.5. The molecule has 0 N–H and O–H groups in total. The van der Waals surface area contributed by atoms with Crippen LogP contribution in [0.15, 0.2) is 18.2 Å². The second-order valence-electron chi connectivity index (χ2n) is 8.91. The van der Waals surface area contributed by atoms with Gasteiger partial charge in [-0.25, -0.2) is 0 Å². The van der Waals surface area contributed by atoms with E-state index in [1.807, 2.05) is 9.80 Å². The first-order chi connectivity index (χ1) is 14.4. The number of anilines is 1. The van der Waals surface area contributed by atoms with Crippen molar-refractivity contribution in [2.45, 2.75) is 45.4 Å². The molecule has 162 valence electrons. The molecule has 6 nitrogen and oxygen atoms in total. The van der Waals surface area contributed by atoms with Gasteiger partial charge in [0.05, 0.1) is 11.3 Å². The maximum absolute atomic E-state index is 13.3. The second-order valence-corrected chi connectivity index (χ2v) is 9.34. The number of hydrogen-bond acceptors (Lipinski definition) is 3. The molecule has 3 heterocycles. The molecule has 7 heteroatoms. The van der Waals surface area contributed by atoms with E-state index >= 15 is 0 Å². The van der Waals surface area contributed by atoms with E-state index in [2.05, 4.69) is 6.92 Å². The van der Waals surface area contributed by atoms with Crippen LogP contribution < -0.4 is 4.90 Å². The highest BCUT2D eigenvalue weighted by Gasteiger charge is 2.33. The van der Waals surface area contributed by atoms with Crippen LogP contribution in [-0.4, -0.2) is 60.2 Å². The highest BCUT2D eigenvalue weighted by molar-refractivity contribution is 6.31. The molecule has 1 unspecified atom stereocenters. The van der Waals surface area contributed by atoms with E-state index in [0.29, 0.717) is 61.1 Å². The molecule has 4 rings (SSSR count). The summed E-state index contributed by atoms with van der Waals surface area (Å²) in [6.07, 6.45) is 4.96. The van der Waals surface area contributed by atoms with E-state index in [0.717, 1.165) is 25.9 Å². The number of benzene rings is 1. The number of carbonyl (C=O) groups excluding carboxylic acids is 3. The van der Waals surface area contributed by atoms with E-state index < -0.39 is 0 Å². The summed E-state index contributed by atoms with van der Waals surface area (Å²) in [6, 6.07) is 5.14. The van der Waals surface area contributed by atoms with E-state index in [1.54, 1.807) is 23.1 Å². The average Bonchev–Trinajstić information content (AvgIpc) is 3.18. The van der Waals surface area contributed by atoms with Gasteiger partial charge in [0.25, 0.3) is 5.91 Å². The Bertz CT molecular complexity index is 835. The Hall–Kier alpha value is -2.08. The molecule has 1 atom stereocenters. The van der Waals surface area contributed by atoms with Crippen LogP contribution in [0.25, 0.3) is 0 Å². The highest BCUT2D eigenvalue weighted by atomic mass is 35.5. The minimum Gasteiger partial charge on any atom is -0.342 e. The van der Waals surface area contributed by atoms with Gasteiger partial charge in [0.1, 0.15) is 0 Å². The summed E-state index contributed by atoms with van der Waals surface area (Å²) in [5.41, 5.74) is 1.12. The molecule has 3 saturated heterocycles. The molecular formula is C23H30ClN3O3. The van der Waals surface area contributed by atoms with Gasteiger partial charge in [-0.3, -0.25) is 14.4 Å². The maximum Gasteiger partial charge on any atom is 0.255 e. The summed E-state index contributed by atoms with van der Waals surface area (Å²) in [5, 5.41) is 0.515. The summed E-state index contributed by atoms with van der Waals surface area (Å²) in [6.45, 7) is 5.67. The molecular weight excluding hydrogens is 402 g/mol. The topological polar surface area (TPSA) is 60.9 Å². The molecule has 1 aromatic carbocycles. The van der Waals surface area contributed by atoms with Gasteiger partial charge < -0.3 is 14.7 Å². The van der Waals surface area contributed by atoms with Gasteiger partial charge in [-0.2, -0.15) is 0 Å². The van der Waals surface area contributed by atoms with E-state index in [1.165, 1.54) is 6.42 Å². The summed E-state index contributed by atoms with van der Waals surface area (Å²) in [4.78, 5) is 43.9. The minimum atomic E-state index is -0.0844. The van der Waals surface area contributed by atoms with Crippen molar-refractivity contribution in [1.29, 1.82) is 0 Å². The normalized spacial score (nSPS) is 23.2. The van der Waals surface area contributed by atoms with Crippen LogP contribution in [0.3, 0.4) is 0 Å². The molecule has 0 radical (unpaired) electrons. The quantitative estimate of drug-likeness (QED) is 0.734. The van der Waals surface area contributed by atoms with E-state index in [9.17, 15) is 14.4 Å². The predicted octanol–water partition coefficient (Wildman–Crippen LogP) is 3.58. The van der Waals surface area contributed by atoms with Crippen LogP contribution in [0.5, 0.6) is 0 Å². The van der Waals surface area contributed by atoms with Crippen molar-refractivity contribution in [1.82, 2.24) is 9.80 Å². The first-order valence-electron chi connectivity index (χ1n) is 11.1. The smallest absolute Gasteiger partial charge is 0.255 e. The lowest BCUT2D eigenvalue weighted by Crippen LogP contribution is -2.47. The first kappa shape index (κ1) is 21.2. The zero-order valence-electron chi connectivity index (χ0n) is 17.6. The van der Waals surface area contributed by atoms with Gasteiger partial charge in [-0.1, -0.05) is 18.5 Å². The lowest BCUT2D eigenvalue weighted by Gasteiger charge is -2.37. The Morgan fingerprint density at radius 3 is 2.43 bits per heavy atom. The fourth-order valence-electron chi connectivity index (χ4n) is 4.96. The SMILES string of the molecule is CC1CCCN(C(=O)C2CCN(C(=O)c3ccc(Cl)cc3N3CCCC3=O)CC2)C1. The lowest BCUT2D eigenvalue weighted by molar-refractivity contribution is -0.138. The monoisotopic (exact) mass is 431 g/mol. The third-order valence-electron chi connectivity index (χ3n) is 6.65. The number of nitrogens with zero attached hydrogens (tertiary/aromatic N) is 3. The Morgan fingerprint density at radius 1 is 1.00 bits per heavy atom. The van der Waals surface area contributed by atoms with Gasteiger partial charge in [0.15, 0.2) is 0 Å². The summed E-state index contributed by atoms with van der Waals surface area (Å²) in [5.74, 6) is 0.777. The largest absolute Gasteiger partial charge is 0.342 e. The van der Waals surface area contributed by atoms with Crippen LogP contribution in [0.2, 0.25) is 5.02 Å². The molecule has 3 fully saturated rings. The third-order valence-corrected chi connectivity index (χ3v) is 6.89. The number of piperidine rings is 2. The predicted molar refractivity (Wildman–Crippen MR) is 117 cm³/mol. The molecule has 0 saturated carbocycles. The molecule has 3 aliphatic rings. The fraction of sp³-hybridized carbons (Fsp3) is 0.609. The molecule has 0 spiro atoms. The van der Waals surface area contributed by atoms with Gasteiger partial charge in [0, 0.05) is 50.1 Å². The Labute approximate surface area is 183 Å². The highest BCUT2D eigenvalue weighted by Crippen LogP contribution is 2.31. The molecule has 1 aromatic rings.